The molecule has 0 saturated carbocycles. The molecule has 0 fully saturated rings. The zero-order valence-corrected chi connectivity index (χ0v) is 16.9. The van der Waals surface area contributed by atoms with Gasteiger partial charge in [0.1, 0.15) is 6.61 Å². The van der Waals surface area contributed by atoms with E-state index in [2.05, 4.69) is 17.0 Å². The molecule has 6 nitrogen and oxygen atoms in total. The van der Waals surface area contributed by atoms with Crippen LogP contribution in [0, 0.1) is 12.8 Å². The number of hydrogen-bond donors (Lipinski definition) is 0. The van der Waals surface area contributed by atoms with Crippen LogP contribution in [-0.2, 0) is 4.74 Å². The van der Waals surface area contributed by atoms with Crippen molar-refractivity contribution in [2.75, 3.05) is 19.8 Å². The SMILES string of the molecule is CCCCC(CC)C(=O)n1nc(OCCOCC)nc1-c1ccccc1C. The first-order valence-electron chi connectivity index (χ1n) is 9.90. The number of aromatic nitrogens is 3. The zero-order chi connectivity index (χ0) is 19.6. The number of rotatable bonds is 11. The van der Waals surface area contributed by atoms with Crippen LogP contribution < -0.4 is 4.74 Å². The van der Waals surface area contributed by atoms with E-state index >= 15 is 0 Å². The smallest absolute Gasteiger partial charge is 0.336 e. The minimum absolute atomic E-state index is 0.0173. The topological polar surface area (TPSA) is 66.2 Å². The highest BCUT2D eigenvalue weighted by molar-refractivity contribution is 5.84. The average Bonchev–Trinajstić information content (AvgIpc) is 3.10. The maximum absolute atomic E-state index is 13.2. The van der Waals surface area contributed by atoms with E-state index in [0.29, 0.717) is 25.6 Å². The van der Waals surface area contributed by atoms with Crippen molar-refractivity contribution >= 4 is 5.91 Å². The Morgan fingerprint density at radius 1 is 1.19 bits per heavy atom. The van der Waals surface area contributed by atoms with E-state index in [1.165, 1.54) is 4.68 Å². The molecule has 0 spiro atoms. The fourth-order valence-electron chi connectivity index (χ4n) is 2.97. The number of carbonyl (C=O) groups is 1. The highest BCUT2D eigenvalue weighted by atomic mass is 16.5. The quantitative estimate of drug-likeness (QED) is 0.542. The van der Waals surface area contributed by atoms with E-state index in [1.807, 2.05) is 45.0 Å². The van der Waals surface area contributed by atoms with Gasteiger partial charge in [0.05, 0.1) is 6.61 Å². The van der Waals surface area contributed by atoms with Crippen molar-refractivity contribution in [3.63, 3.8) is 0 Å². The summed E-state index contributed by atoms with van der Waals surface area (Å²) in [6.07, 6.45) is 3.74. The molecule has 1 heterocycles. The summed E-state index contributed by atoms with van der Waals surface area (Å²) in [6, 6.07) is 8.09. The van der Waals surface area contributed by atoms with E-state index in [-0.39, 0.29) is 17.8 Å². The van der Waals surface area contributed by atoms with Crippen LogP contribution in [0.4, 0.5) is 0 Å². The maximum atomic E-state index is 13.2. The van der Waals surface area contributed by atoms with Crippen molar-refractivity contribution < 1.29 is 14.3 Å². The molecular weight excluding hydrogens is 342 g/mol. The lowest BCUT2D eigenvalue weighted by molar-refractivity contribution is 0.0801. The second-order valence-electron chi connectivity index (χ2n) is 6.58. The third kappa shape index (κ3) is 5.63. The molecule has 0 saturated heterocycles. The summed E-state index contributed by atoms with van der Waals surface area (Å²) in [6.45, 7) is 9.57. The van der Waals surface area contributed by atoms with Gasteiger partial charge < -0.3 is 9.47 Å². The molecular formula is C21H31N3O3. The molecule has 0 aliphatic rings. The second-order valence-corrected chi connectivity index (χ2v) is 6.58. The van der Waals surface area contributed by atoms with Crippen LogP contribution in [0.3, 0.4) is 0 Å². The predicted octanol–water partition coefficient (Wildman–Crippen LogP) is 4.53. The molecule has 1 unspecified atom stereocenters. The minimum atomic E-state index is -0.0642. The van der Waals surface area contributed by atoms with Crippen molar-refractivity contribution in [2.24, 2.45) is 5.92 Å². The molecule has 2 rings (SSSR count). The molecule has 1 aromatic carbocycles. The van der Waals surface area contributed by atoms with Gasteiger partial charge >= 0.3 is 6.01 Å². The zero-order valence-electron chi connectivity index (χ0n) is 16.9. The van der Waals surface area contributed by atoms with Gasteiger partial charge in [0.15, 0.2) is 5.82 Å². The monoisotopic (exact) mass is 373 g/mol. The number of benzene rings is 1. The molecule has 0 amide bonds. The first-order valence-corrected chi connectivity index (χ1v) is 9.90. The Bertz CT molecular complexity index is 727. The summed E-state index contributed by atoms with van der Waals surface area (Å²) in [5.41, 5.74) is 1.93. The molecule has 2 aromatic rings. The van der Waals surface area contributed by atoms with E-state index < -0.39 is 0 Å². The molecule has 1 atom stereocenters. The van der Waals surface area contributed by atoms with Gasteiger partial charge in [0.2, 0.25) is 0 Å². The molecule has 0 aliphatic carbocycles. The van der Waals surface area contributed by atoms with Crippen molar-refractivity contribution in [3.8, 4) is 17.4 Å². The Labute approximate surface area is 161 Å². The Hall–Kier alpha value is -2.21. The van der Waals surface area contributed by atoms with Gasteiger partial charge in [-0.05, 0) is 32.3 Å². The third-order valence-corrected chi connectivity index (χ3v) is 4.59. The number of carbonyl (C=O) groups excluding carboxylic acids is 1. The largest absolute Gasteiger partial charge is 0.460 e. The predicted molar refractivity (Wildman–Crippen MR) is 106 cm³/mol. The first kappa shape index (κ1) is 21.1. The van der Waals surface area contributed by atoms with Crippen LogP contribution in [0.25, 0.3) is 11.4 Å². The van der Waals surface area contributed by atoms with Crippen molar-refractivity contribution in [2.45, 2.75) is 53.4 Å². The first-order chi connectivity index (χ1) is 13.1. The number of aryl methyl sites for hydroxylation is 1. The molecule has 0 N–H and O–H groups in total. The molecule has 1 aromatic heterocycles. The summed E-state index contributed by atoms with van der Waals surface area (Å²) in [4.78, 5) is 17.7. The highest BCUT2D eigenvalue weighted by Crippen LogP contribution is 2.26. The highest BCUT2D eigenvalue weighted by Gasteiger charge is 2.25. The van der Waals surface area contributed by atoms with Crippen LogP contribution in [0.2, 0.25) is 0 Å². The number of ether oxygens (including phenoxy) is 2. The Kier molecular flexibility index (Phi) is 8.45. The summed E-state index contributed by atoms with van der Waals surface area (Å²) in [5, 5.41) is 4.38. The van der Waals surface area contributed by atoms with Crippen molar-refractivity contribution in [3.05, 3.63) is 29.8 Å². The van der Waals surface area contributed by atoms with Gasteiger partial charge in [-0.3, -0.25) is 4.79 Å². The van der Waals surface area contributed by atoms with E-state index in [4.69, 9.17) is 9.47 Å². The third-order valence-electron chi connectivity index (χ3n) is 4.59. The normalized spacial score (nSPS) is 12.1. The van der Waals surface area contributed by atoms with Gasteiger partial charge in [-0.2, -0.15) is 9.67 Å². The van der Waals surface area contributed by atoms with Crippen LogP contribution in [0.1, 0.15) is 56.8 Å². The molecule has 0 aliphatic heterocycles. The molecule has 0 radical (unpaired) electrons. The Morgan fingerprint density at radius 2 is 1.96 bits per heavy atom. The molecule has 27 heavy (non-hydrogen) atoms. The van der Waals surface area contributed by atoms with Crippen LogP contribution >= 0.6 is 0 Å². The molecule has 148 valence electrons. The summed E-state index contributed by atoms with van der Waals surface area (Å²) >= 11 is 0. The summed E-state index contributed by atoms with van der Waals surface area (Å²) < 4.78 is 12.3. The standard InChI is InChI=1S/C21H31N3O3/c1-5-8-12-17(6-2)20(25)24-19(18-13-10-9-11-16(18)4)22-21(23-24)27-15-14-26-7-3/h9-11,13,17H,5-8,12,14-15H2,1-4H3. The van der Waals surface area contributed by atoms with Crippen molar-refractivity contribution in [1.29, 1.82) is 0 Å². The fraction of sp³-hybridized carbons (Fsp3) is 0.571. The van der Waals surface area contributed by atoms with Crippen molar-refractivity contribution in [1.82, 2.24) is 14.8 Å². The second kappa shape index (κ2) is 10.8. The molecule has 6 heteroatoms. The summed E-state index contributed by atoms with van der Waals surface area (Å²) in [7, 11) is 0. The van der Waals surface area contributed by atoms with E-state index in [1.54, 1.807) is 0 Å². The molecule has 0 bridgehead atoms. The van der Waals surface area contributed by atoms with E-state index in [0.717, 1.165) is 36.8 Å². The lowest BCUT2D eigenvalue weighted by atomic mass is 9.98. The van der Waals surface area contributed by atoms with Crippen LogP contribution in [-0.4, -0.2) is 40.5 Å². The van der Waals surface area contributed by atoms with Gasteiger partial charge in [0, 0.05) is 18.1 Å². The van der Waals surface area contributed by atoms with Gasteiger partial charge in [-0.1, -0.05) is 51.0 Å². The van der Waals surface area contributed by atoms with Crippen LogP contribution in [0.5, 0.6) is 6.01 Å². The van der Waals surface area contributed by atoms with Gasteiger partial charge in [0.25, 0.3) is 5.91 Å². The Morgan fingerprint density at radius 3 is 2.63 bits per heavy atom. The lowest BCUT2D eigenvalue weighted by Crippen LogP contribution is -2.23. The number of nitrogens with zero attached hydrogens (tertiary/aromatic N) is 3. The minimum Gasteiger partial charge on any atom is -0.460 e. The Balaban J connectivity index is 2.33. The fourth-order valence-corrected chi connectivity index (χ4v) is 2.97. The van der Waals surface area contributed by atoms with E-state index in [9.17, 15) is 4.79 Å². The lowest BCUT2D eigenvalue weighted by Gasteiger charge is -2.14. The average molecular weight is 373 g/mol. The number of unbranched alkanes of at least 4 members (excludes halogenated alkanes) is 1. The van der Waals surface area contributed by atoms with Gasteiger partial charge in [-0.25, -0.2) is 0 Å². The van der Waals surface area contributed by atoms with Crippen LogP contribution in [0.15, 0.2) is 24.3 Å². The maximum Gasteiger partial charge on any atom is 0.336 e. The van der Waals surface area contributed by atoms with Gasteiger partial charge in [-0.15, -0.1) is 5.10 Å². The number of hydrogen-bond acceptors (Lipinski definition) is 5. The summed E-state index contributed by atoms with van der Waals surface area (Å²) in [5.74, 6) is 0.460.